The average Bonchev–Trinajstić information content (AvgIpc) is 3.30. The average molecular weight is 399 g/mol. The predicted octanol–water partition coefficient (Wildman–Crippen LogP) is 7.59. The molecule has 2 heterocycles. The third kappa shape index (κ3) is 2.69. The summed E-state index contributed by atoms with van der Waals surface area (Å²) in [5.74, 6) is 0. The van der Waals surface area contributed by atoms with E-state index in [2.05, 4.69) is 109 Å². The lowest BCUT2D eigenvalue weighted by atomic mass is 9.88. The molecule has 0 aliphatic carbocycles. The number of hydrogen-bond donors (Lipinski definition) is 0. The number of aryl methyl sites for hydroxylation is 2. The number of para-hydroxylation sites is 1. The van der Waals surface area contributed by atoms with Crippen molar-refractivity contribution in [3.63, 3.8) is 0 Å². The highest BCUT2D eigenvalue weighted by Gasteiger charge is 2.16. The maximum atomic E-state index is 4.69. The molecule has 0 atom stereocenters. The van der Waals surface area contributed by atoms with Crippen LogP contribution in [0.15, 0.2) is 97.3 Å². The number of aromatic nitrogens is 2. The van der Waals surface area contributed by atoms with Gasteiger partial charge in [0.05, 0.1) is 5.52 Å². The molecule has 6 aromatic rings. The van der Waals surface area contributed by atoms with Crippen molar-refractivity contribution in [2.24, 2.45) is 0 Å². The van der Waals surface area contributed by atoms with E-state index in [1.807, 2.05) is 6.20 Å². The summed E-state index contributed by atoms with van der Waals surface area (Å²) in [6.45, 7) is 4.45. The van der Waals surface area contributed by atoms with Crippen LogP contribution in [0.4, 0.5) is 0 Å². The van der Waals surface area contributed by atoms with Crippen molar-refractivity contribution in [3.05, 3.63) is 108 Å². The zero-order valence-electron chi connectivity index (χ0n) is 17.6. The molecule has 2 heteroatoms. The molecule has 4 aromatic carbocycles. The van der Waals surface area contributed by atoms with E-state index >= 15 is 0 Å². The van der Waals surface area contributed by atoms with E-state index in [0.29, 0.717) is 0 Å². The van der Waals surface area contributed by atoms with Gasteiger partial charge in [0, 0.05) is 28.6 Å². The second kappa shape index (κ2) is 6.82. The van der Waals surface area contributed by atoms with Crippen molar-refractivity contribution in [3.8, 4) is 22.3 Å². The quantitative estimate of drug-likeness (QED) is 0.275. The molecule has 6 rings (SSSR count). The second-order valence-electron chi connectivity index (χ2n) is 8.22. The zero-order chi connectivity index (χ0) is 20.9. The number of rotatable bonds is 2. The van der Waals surface area contributed by atoms with E-state index in [0.717, 1.165) is 5.65 Å². The minimum Gasteiger partial charge on any atom is -0.299 e. The standard InChI is InChI=1S/C29H22N2/c1-19-17-22(21-9-4-3-5-10-21)18-20(2)27(19)24-12-8-13-25-28(24)23-11-6-7-14-26(23)31-16-15-30-29(25)31/h3-18H,1-2H3. The molecule has 0 aliphatic heterocycles. The Morgan fingerprint density at radius 1 is 0.677 bits per heavy atom. The van der Waals surface area contributed by atoms with Crippen LogP contribution < -0.4 is 0 Å². The lowest BCUT2D eigenvalue weighted by molar-refractivity contribution is 1.27. The Hall–Kier alpha value is -3.91. The largest absolute Gasteiger partial charge is 0.299 e. The van der Waals surface area contributed by atoms with Crippen molar-refractivity contribution >= 4 is 27.3 Å². The van der Waals surface area contributed by atoms with Gasteiger partial charge in [-0.25, -0.2) is 4.98 Å². The molecule has 148 valence electrons. The molecule has 0 saturated heterocycles. The van der Waals surface area contributed by atoms with Gasteiger partial charge in [-0.1, -0.05) is 78.9 Å². The maximum Gasteiger partial charge on any atom is 0.145 e. The summed E-state index contributed by atoms with van der Waals surface area (Å²) in [5.41, 5.74) is 9.87. The van der Waals surface area contributed by atoms with Crippen LogP contribution in [-0.4, -0.2) is 9.38 Å². The first-order chi connectivity index (χ1) is 15.2. The Balaban J connectivity index is 1.71. The van der Waals surface area contributed by atoms with E-state index in [1.54, 1.807) is 0 Å². The van der Waals surface area contributed by atoms with Gasteiger partial charge >= 0.3 is 0 Å². The lowest BCUT2D eigenvalue weighted by Gasteiger charge is -2.17. The Morgan fingerprint density at radius 3 is 2.19 bits per heavy atom. The minimum atomic E-state index is 1.01. The van der Waals surface area contributed by atoms with Crippen molar-refractivity contribution in [2.75, 3.05) is 0 Å². The highest BCUT2D eigenvalue weighted by atomic mass is 15.0. The molecule has 0 saturated carbocycles. The van der Waals surface area contributed by atoms with E-state index in [4.69, 9.17) is 4.98 Å². The van der Waals surface area contributed by atoms with E-state index in [-0.39, 0.29) is 0 Å². The Morgan fingerprint density at radius 2 is 1.39 bits per heavy atom. The van der Waals surface area contributed by atoms with Gasteiger partial charge in [-0.15, -0.1) is 0 Å². The zero-order valence-corrected chi connectivity index (χ0v) is 17.6. The van der Waals surface area contributed by atoms with Gasteiger partial charge in [0.25, 0.3) is 0 Å². The van der Waals surface area contributed by atoms with Gasteiger partial charge in [0.15, 0.2) is 0 Å². The fourth-order valence-corrected chi connectivity index (χ4v) is 5.02. The molecule has 2 nitrogen and oxygen atoms in total. The van der Waals surface area contributed by atoms with E-state index in [1.165, 1.54) is 55.1 Å². The summed E-state index contributed by atoms with van der Waals surface area (Å²) >= 11 is 0. The van der Waals surface area contributed by atoms with E-state index in [9.17, 15) is 0 Å². The fourth-order valence-electron chi connectivity index (χ4n) is 5.02. The highest BCUT2D eigenvalue weighted by molar-refractivity contribution is 6.18. The van der Waals surface area contributed by atoms with Gasteiger partial charge in [0.1, 0.15) is 5.65 Å². The molecule has 31 heavy (non-hydrogen) atoms. The van der Waals surface area contributed by atoms with Crippen LogP contribution >= 0.6 is 0 Å². The molecule has 0 bridgehead atoms. The number of nitrogens with zero attached hydrogens (tertiary/aromatic N) is 2. The smallest absolute Gasteiger partial charge is 0.145 e. The third-order valence-electron chi connectivity index (χ3n) is 6.29. The van der Waals surface area contributed by atoms with Crippen molar-refractivity contribution < 1.29 is 0 Å². The predicted molar refractivity (Wildman–Crippen MR) is 131 cm³/mol. The molecule has 0 spiro atoms. The summed E-state index contributed by atoms with van der Waals surface area (Å²) in [6, 6.07) is 30.5. The van der Waals surface area contributed by atoms with E-state index < -0.39 is 0 Å². The molecular weight excluding hydrogens is 376 g/mol. The summed E-state index contributed by atoms with van der Waals surface area (Å²) < 4.78 is 2.19. The summed E-state index contributed by atoms with van der Waals surface area (Å²) in [4.78, 5) is 4.69. The van der Waals surface area contributed by atoms with Crippen LogP contribution in [0.5, 0.6) is 0 Å². The van der Waals surface area contributed by atoms with Crippen LogP contribution in [0.2, 0.25) is 0 Å². The molecule has 0 fully saturated rings. The van der Waals surface area contributed by atoms with Gasteiger partial charge in [-0.05, 0) is 53.3 Å². The molecule has 0 aliphatic rings. The number of hydrogen-bond acceptors (Lipinski definition) is 1. The number of imidazole rings is 1. The van der Waals surface area contributed by atoms with Crippen molar-refractivity contribution in [1.82, 2.24) is 9.38 Å². The van der Waals surface area contributed by atoms with Gasteiger partial charge in [-0.3, -0.25) is 4.40 Å². The van der Waals surface area contributed by atoms with Gasteiger partial charge in [-0.2, -0.15) is 0 Å². The summed E-state index contributed by atoms with van der Waals surface area (Å²) in [6.07, 6.45) is 3.94. The molecule has 2 aromatic heterocycles. The highest BCUT2D eigenvalue weighted by Crippen LogP contribution is 2.40. The van der Waals surface area contributed by atoms with Crippen LogP contribution in [0.1, 0.15) is 11.1 Å². The number of fused-ring (bicyclic) bond motifs is 6. The summed E-state index contributed by atoms with van der Waals surface area (Å²) in [5, 5.41) is 3.71. The number of pyridine rings is 1. The Kier molecular flexibility index (Phi) is 3.94. The SMILES string of the molecule is Cc1cc(-c2ccccc2)cc(C)c1-c1cccc2c1c1ccccc1n1ccnc21. The topological polar surface area (TPSA) is 17.3 Å². The monoisotopic (exact) mass is 398 g/mol. The fraction of sp³-hybridized carbons (Fsp3) is 0.0690. The van der Waals surface area contributed by atoms with Crippen LogP contribution in [0.25, 0.3) is 49.6 Å². The third-order valence-corrected chi connectivity index (χ3v) is 6.29. The molecular formula is C29H22N2. The first kappa shape index (κ1) is 17.9. The normalized spacial score (nSPS) is 11.5. The van der Waals surface area contributed by atoms with Gasteiger partial charge in [0.2, 0.25) is 0 Å². The Labute approximate surface area is 181 Å². The lowest BCUT2D eigenvalue weighted by Crippen LogP contribution is -1.95. The van der Waals surface area contributed by atoms with Crippen LogP contribution in [0.3, 0.4) is 0 Å². The number of benzene rings is 4. The minimum absolute atomic E-state index is 1.01. The van der Waals surface area contributed by atoms with Crippen LogP contribution in [0, 0.1) is 13.8 Å². The summed E-state index contributed by atoms with van der Waals surface area (Å²) in [7, 11) is 0. The molecule has 0 N–H and O–H groups in total. The van der Waals surface area contributed by atoms with Crippen molar-refractivity contribution in [1.29, 1.82) is 0 Å². The second-order valence-corrected chi connectivity index (χ2v) is 8.22. The first-order valence-corrected chi connectivity index (χ1v) is 10.7. The molecule has 0 radical (unpaired) electrons. The first-order valence-electron chi connectivity index (χ1n) is 10.7. The maximum absolute atomic E-state index is 4.69. The molecule has 0 amide bonds. The van der Waals surface area contributed by atoms with Crippen LogP contribution in [-0.2, 0) is 0 Å². The van der Waals surface area contributed by atoms with Gasteiger partial charge < -0.3 is 0 Å². The van der Waals surface area contributed by atoms with Crippen molar-refractivity contribution in [2.45, 2.75) is 13.8 Å². The Bertz CT molecular complexity index is 1570. The molecule has 0 unspecified atom stereocenters.